The Morgan fingerprint density at radius 1 is 1.16 bits per heavy atom. The summed E-state index contributed by atoms with van der Waals surface area (Å²) in [7, 11) is 1.20. The van der Waals surface area contributed by atoms with Crippen LogP contribution in [0.25, 0.3) is 11.1 Å². The van der Waals surface area contributed by atoms with Crippen molar-refractivity contribution in [2.45, 2.75) is 52.8 Å². The number of nitrogens with zero attached hydrogens (tertiary/aromatic N) is 1. The fourth-order valence-electron chi connectivity index (χ4n) is 2.97. The molecule has 2 aromatic rings. The zero-order chi connectivity index (χ0) is 24.4. The molecule has 1 amide bonds. The zero-order valence-electron chi connectivity index (χ0n) is 18.6. The number of alkyl halides is 3. The highest BCUT2D eigenvalue weighted by Gasteiger charge is 2.35. The number of halogens is 3. The average Bonchev–Trinajstić information content (AvgIpc) is 2.64. The molecular weight excluding hydrogens is 429 g/mol. The Labute approximate surface area is 183 Å². The first-order chi connectivity index (χ1) is 14.7. The Kier molecular flexibility index (Phi) is 7.06. The molecule has 1 N–H and O–H groups in total. The van der Waals surface area contributed by atoms with Crippen molar-refractivity contribution in [1.82, 2.24) is 4.57 Å². The molecular formula is C22H25F3N2O5. The number of rotatable bonds is 4. The number of ether oxygens (including phenoxy) is 2. The molecule has 1 heterocycles. The molecule has 0 saturated heterocycles. The summed E-state index contributed by atoms with van der Waals surface area (Å²) in [5, 5.41) is 2.44. The third-order valence-electron chi connectivity index (χ3n) is 4.37. The molecule has 0 aliphatic heterocycles. The number of anilines is 1. The van der Waals surface area contributed by atoms with Crippen LogP contribution < -0.4 is 15.6 Å². The number of carbonyl (C=O) groups is 2. The molecule has 1 aromatic heterocycles. The molecule has 174 valence electrons. The second-order valence-electron chi connectivity index (χ2n) is 8.09. The summed E-state index contributed by atoms with van der Waals surface area (Å²) in [6.07, 6.45) is -4.91. The lowest BCUT2D eigenvalue weighted by Gasteiger charge is -2.22. The molecule has 0 radical (unpaired) electrons. The van der Waals surface area contributed by atoms with E-state index in [1.54, 1.807) is 20.8 Å². The van der Waals surface area contributed by atoms with Crippen molar-refractivity contribution in [2.75, 3.05) is 5.32 Å². The van der Waals surface area contributed by atoms with Crippen molar-refractivity contribution in [3.05, 3.63) is 45.9 Å². The van der Waals surface area contributed by atoms with Crippen LogP contribution in [-0.4, -0.2) is 22.2 Å². The number of para-hydroxylation sites is 1. The summed E-state index contributed by atoms with van der Waals surface area (Å²) in [5.41, 5.74) is -3.28. The SMILES string of the molecule is CCC(=O)Oc1c(NC(=O)OC(C)(C)C)cccc1-c1c(C)c(C(F)(F)F)cn(C)c1=O. The molecule has 2 rings (SSSR count). The van der Waals surface area contributed by atoms with Crippen molar-refractivity contribution in [3.63, 3.8) is 0 Å². The first-order valence-corrected chi connectivity index (χ1v) is 9.77. The van der Waals surface area contributed by atoms with Crippen molar-refractivity contribution in [2.24, 2.45) is 7.05 Å². The summed E-state index contributed by atoms with van der Waals surface area (Å²) in [4.78, 5) is 37.2. The van der Waals surface area contributed by atoms with Crippen LogP contribution >= 0.6 is 0 Å². The molecule has 0 fully saturated rings. The molecule has 1 aromatic carbocycles. The van der Waals surface area contributed by atoms with E-state index in [2.05, 4.69) is 5.32 Å². The lowest BCUT2D eigenvalue weighted by Crippen LogP contribution is -2.27. The third-order valence-corrected chi connectivity index (χ3v) is 4.37. The fraction of sp³-hybridized carbons (Fsp3) is 0.409. The Morgan fingerprint density at radius 2 is 1.78 bits per heavy atom. The minimum Gasteiger partial charge on any atom is -0.444 e. The van der Waals surface area contributed by atoms with Gasteiger partial charge in [0.1, 0.15) is 5.60 Å². The Morgan fingerprint density at radius 3 is 2.31 bits per heavy atom. The standard InChI is InChI=1S/C22H25F3N2O5/c1-7-16(28)31-18-13(9-8-10-15(18)26-20(30)32-21(3,4)5)17-12(2)14(22(23,24)25)11-27(6)19(17)29/h8-11H,7H2,1-6H3,(H,26,30). The number of hydrogen-bond donors (Lipinski definition) is 1. The van der Waals surface area contributed by atoms with Crippen LogP contribution in [0.1, 0.15) is 45.2 Å². The smallest absolute Gasteiger partial charge is 0.418 e. The van der Waals surface area contributed by atoms with Crippen molar-refractivity contribution in [3.8, 4) is 16.9 Å². The van der Waals surface area contributed by atoms with Crippen molar-refractivity contribution in [1.29, 1.82) is 0 Å². The molecule has 0 unspecified atom stereocenters. The van der Waals surface area contributed by atoms with Gasteiger partial charge < -0.3 is 14.0 Å². The average molecular weight is 454 g/mol. The van der Waals surface area contributed by atoms with E-state index in [1.807, 2.05) is 0 Å². The van der Waals surface area contributed by atoms with E-state index in [9.17, 15) is 27.6 Å². The van der Waals surface area contributed by atoms with Gasteiger partial charge in [0.25, 0.3) is 5.56 Å². The van der Waals surface area contributed by atoms with E-state index in [0.29, 0.717) is 6.20 Å². The number of esters is 1. The lowest BCUT2D eigenvalue weighted by molar-refractivity contribution is -0.138. The van der Waals surface area contributed by atoms with Crippen LogP contribution in [0.15, 0.2) is 29.2 Å². The predicted octanol–water partition coefficient (Wildman–Crippen LogP) is 5.04. The van der Waals surface area contributed by atoms with Crippen LogP contribution in [0, 0.1) is 6.92 Å². The van der Waals surface area contributed by atoms with E-state index in [0.717, 1.165) is 4.57 Å². The van der Waals surface area contributed by atoms with Gasteiger partial charge in [-0.3, -0.25) is 14.9 Å². The highest BCUT2D eigenvalue weighted by molar-refractivity contribution is 5.92. The number of pyridine rings is 1. The number of nitrogens with one attached hydrogen (secondary N) is 1. The lowest BCUT2D eigenvalue weighted by atomic mass is 9.97. The highest BCUT2D eigenvalue weighted by atomic mass is 19.4. The largest absolute Gasteiger partial charge is 0.444 e. The Balaban J connectivity index is 2.77. The normalized spacial score (nSPS) is 11.8. The topological polar surface area (TPSA) is 86.6 Å². The third kappa shape index (κ3) is 5.68. The summed E-state index contributed by atoms with van der Waals surface area (Å²) in [5.74, 6) is -0.948. The Bertz CT molecular complexity index is 1100. The minimum absolute atomic E-state index is 0.0302. The number of amides is 1. The molecule has 10 heteroatoms. The molecule has 0 spiro atoms. The second-order valence-corrected chi connectivity index (χ2v) is 8.09. The van der Waals surface area contributed by atoms with Crippen molar-refractivity contribution >= 4 is 17.7 Å². The quantitative estimate of drug-likeness (QED) is 0.517. The van der Waals surface area contributed by atoms with E-state index in [-0.39, 0.29) is 34.5 Å². The maximum Gasteiger partial charge on any atom is 0.418 e. The van der Waals surface area contributed by atoms with E-state index in [4.69, 9.17) is 9.47 Å². The van der Waals surface area contributed by atoms with Gasteiger partial charge in [-0.25, -0.2) is 4.79 Å². The van der Waals surface area contributed by atoms with Gasteiger partial charge in [0.2, 0.25) is 0 Å². The van der Waals surface area contributed by atoms with Crippen molar-refractivity contribution < 1.29 is 32.2 Å². The number of aromatic nitrogens is 1. The number of carbonyl (C=O) groups excluding carboxylic acids is 2. The number of hydrogen-bond acceptors (Lipinski definition) is 5. The molecule has 7 nitrogen and oxygen atoms in total. The van der Waals surface area contributed by atoms with E-state index >= 15 is 0 Å². The molecule has 32 heavy (non-hydrogen) atoms. The van der Waals surface area contributed by atoms with Gasteiger partial charge in [0, 0.05) is 25.2 Å². The van der Waals surface area contributed by atoms with Crippen LogP contribution in [0.4, 0.5) is 23.7 Å². The van der Waals surface area contributed by atoms with Gasteiger partial charge in [-0.05, 0) is 39.3 Å². The van der Waals surface area contributed by atoms with E-state index in [1.165, 1.54) is 39.1 Å². The zero-order valence-corrected chi connectivity index (χ0v) is 18.6. The monoisotopic (exact) mass is 454 g/mol. The van der Waals surface area contributed by atoms with Gasteiger partial charge in [0.05, 0.1) is 16.8 Å². The number of aryl methyl sites for hydroxylation is 1. The van der Waals surface area contributed by atoms with Gasteiger partial charge in [-0.1, -0.05) is 19.1 Å². The molecule has 0 bridgehead atoms. The van der Waals surface area contributed by atoms with Gasteiger partial charge in [-0.15, -0.1) is 0 Å². The molecule has 0 saturated carbocycles. The Hall–Kier alpha value is -3.30. The molecule has 0 aliphatic rings. The van der Waals surface area contributed by atoms with Crippen LogP contribution in [0.2, 0.25) is 0 Å². The summed E-state index contributed by atoms with van der Waals surface area (Å²) in [6.45, 7) is 7.64. The second kappa shape index (κ2) is 9.05. The van der Waals surface area contributed by atoms with Gasteiger partial charge in [0.15, 0.2) is 5.75 Å². The van der Waals surface area contributed by atoms with Gasteiger partial charge >= 0.3 is 18.2 Å². The molecule has 0 aliphatic carbocycles. The first-order valence-electron chi connectivity index (χ1n) is 9.77. The van der Waals surface area contributed by atoms with Crippen LogP contribution in [0.3, 0.4) is 0 Å². The maximum atomic E-state index is 13.6. The fourth-order valence-corrected chi connectivity index (χ4v) is 2.97. The van der Waals surface area contributed by atoms with Gasteiger partial charge in [-0.2, -0.15) is 13.2 Å². The van der Waals surface area contributed by atoms with Crippen LogP contribution in [-0.2, 0) is 22.8 Å². The maximum absolute atomic E-state index is 13.6. The summed E-state index contributed by atoms with van der Waals surface area (Å²) in [6, 6.07) is 4.16. The first kappa shape index (κ1) is 25.0. The summed E-state index contributed by atoms with van der Waals surface area (Å²) >= 11 is 0. The number of benzene rings is 1. The minimum atomic E-state index is -4.71. The van der Waals surface area contributed by atoms with E-state index < -0.39 is 35.0 Å². The summed E-state index contributed by atoms with van der Waals surface area (Å²) < 4.78 is 52.0. The molecule has 0 atom stereocenters. The highest BCUT2D eigenvalue weighted by Crippen LogP contribution is 2.40. The van der Waals surface area contributed by atoms with Crippen LogP contribution in [0.5, 0.6) is 5.75 Å². The predicted molar refractivity (Wildman–Crippen MR) is 113 cm³/mol.